The molecule has 0 unspecified atom stereocenters. The zero-order valence-corrected chi connectivity index (χ0v) is 21.4. The van der Waals surface area contributed by atoms with Crippen LogP contribution in [0.5, 0.6) is 0 Å². The number of amides is 2. The molecule has 1 saturated carbocycles. The molecule has 0 spiro atoms. The molecule has 1 aliphatic carbocycles. The molecule has 0 saturated heterocycles. The molecule has 2 amide bonds. The van der Waals surface area contributed by atoms with Gasteiger partial charge < -0.3 is 14.6 Å². The molecule has 4 rings (SSSR count). The highest BCUT2D eigenvalue weighted by Gasteiger charge is 2.29. The quantitative estimate of drug-likeness (QED) is 0.486. The van der Waals surface area contributed by atoms with Gasteiger partial charge in [-0.2, -0.15) is 5.10 Å². The monoisotopic (exact) mass is 476 g/mol. The molecule has 186 valence electrons. The highest BCUT2D eigenvalue weighted by Crippen LogP contribution is 2.29. The lowest BCUT2D eigenvalue weighted by molar-refractivity contribution is -0.139. The summed E-state index contributed by atoms with van der Waals surface area (Å²) in [7, 11) is 0. The Hall–Kier alpha value is -3.35. The average molecular weight is 477 g/mol. The van der Waals surface area contributed by atoms with Crippen molar-refractivity contribution in [3.8, 4) is 5.69 Å². The molecule has 2 heterocycles. The van der Waals surface area contributed by atoms with E-state index in [1.54, 1.807) is 21.9 Å². The minimum Gasteiger partial charge on any atom is -0.467 e. The lowest BCUT2D eigenvalue weighted by Gasteiger charge is -2.24. The smallest absolute Gasteiger partial charge is 0.245 e. The number of nitrogens with one attached hydrogen (secondary N) is 1. The second kappa shape index (κ2) is 10.1. The molecular weight excluding hydrogens is 440 g/mol. The van der Waals surface area contributed by atoms with Gasteiger partial charge in [0.05, 0.1) is 24.2 Å². The molecule has 0 aliphatic heterocycles. The minimum absolute atomic E-state index is 0.0207. The van der Waals surface area contributed by atoms with Gasteiger partial charge in [0, 0.05) is 17.4 Å². The fourth-order valence-corrected chi connectivity index (χ4v) is 4.65. The Morgan fingerprint density at radius 1 is 1.14 bits per heavy atom. The van der Waals surface area contributed by atoms with Crippen molar-refractivity contribution in [3.05, 3.63) is 65.2 Å². The Morgan fingerprint density at radius 3 is 2.51 bits per heavy atom. The van der Waals surface area contributed by atoms with Crippen LogP contribution in [0.15, 0.2) is 47.1 Å². The van der Waals surface area contributed by atoms with Crippen molar-refractivity contribution in [3.63, 3.8) is 0 Å². The van der Waals surface area contributed by atoms with E-state index in [9.17, 15) is 9.59 Å². The van der Waals surface area contributed by atoms with Crippen LogP contribution in [0.3, 0.4) is 0 Å². The van der Waals surface area contributed by atoms with E-state index in [0.717, 1.165) is 42.6 Å². The third-order valence-corrected chi connectivity index (χ3v) is 6.60. The summed E-state index contributed by atoms with van der Waals surface area (Å²) < 4.78 is 7.27. The van der Waals surface area contributed by atoms with Crippen LogP contribution in [0.1, 0.15) is 69.0 Å². The molecule has 7 heteroatoms. The fraction of sp³-hybridized carbons (Fsp3) is 0.464. The summed E-state index contributed by atoms with van der Waals surface area (Å²) in [4.78, 5) is 28.1. The number of carbonyl (C=O) groups excluding carboxylic acids is 2. The van der Waals surface area contributed by atoms with Gasteiger partial charge in [-0.05, 0) is 50.5 Å². The van der Waals surface area contributed by atoms with Gasteiger partial charge >= 0.3 is 0 Å². The molecule has 3 aromatic rings. The maximum absolute atomic E-state index is 13.3. The lowest BCUT2D eigenvalue weighted by atomic mass is 9.92. The summed E-state index contributed by atoms with van der Waals surface area (Å²) in [6, 6.07) is 11.7. The molecule has 1 aliphatic rings. The predicted molar refractivity (Wildman–Crippen MR) is 136 cm³/mol. The normalized spacial score (nSPS) is 14.3. The van der Waals surface area contributed by atoms with Crippen molar-refractivity contribution < 1.29 is 14.0 Å². The van der Waals surface area contributed by atoms with Crippen LogP contribution in [0.25, 0.3) is 5.69 Å². The number of anilines is 1. The van der Waals surface area contributed by atoms with Crippen molar-refractivity contribution in [1.29, 1.82) is 0 Å². The van der Waals surface area contributed by atoms with E-state index >= 15 is 0 Å². The van der Waals surface area contributed by atoms with Gasteiger partial charge in [-0.25, -0.2) is 4.68 Å². The molecular formula is C28H36N4O3. The maximum atomic E-state index is 13.3. The van der Waals surface area contributed by atoms with E-state index in [1.165, 1.54) is 5.56 Å². The van der Waals surface area contributed by atoms with Gasteiger partial charge in [-0.3, -0.25) is 9.59 Å². The van der Waals surface area contributed by atoms with Crippen LogP contribution >= 0.6 is 0 Å². The lowest BCUT2D eigenvalue weighted by Crippen LogP contribution is -2.40. The topological polar surface area (TPSA) is 80.4 Å². The number of hydrogen-bond donors (Lipinski definition) is 1. The van der Waals surface area contributed by atoms with E-state index in [4.69, 9.17) is 9.52 Å². The third-order valence-electron chi connectivity index (χ3n) is 6.60. The first-order chi connectivity index (χ1) is 16.6. The van der Waals surface area contributed by atoms with E-state index in [1.807, 2.05) is 31.2 Å². The Balaban J connectivity index is 1.59. The molecule has 0 radical (unpaired) electrons. The van der Waals surface area contributed by atoms with E-state index in [0.29, 0.717) is 11.6 Å². The van der Waals surface area contributed by atoms with Crippen LogP contribution in [0.4, 0.5) is 5.82 Å². The van der Waals surface area contributed by atoms with Crippen LogP contribution < -0.4 is 5.32 Å². The highest BCUT2D eigenvalue weighted by molar-refractivity contribution is 5.94. The van der Waals surface area contributed by atoms with Gasteiger partial charge in [-0.1, -0.05) is 51.3 Å². The van der Waals surface area contributed by atoms with E-state index in [-0.39, 0.29) is 36.2 Å². The highest BCUT2D eigenvalue weighted by atomic mass is 16.3. The summed E-state index contributed by atoms with van der Waals surface area (Å²) in [5.41, 5.74) is 3.84. The molecule has 0 atom stereocenters. The van der Waals surface area contributed by atoms with Gasteiger partial charge in [0.15, 0.2) is 0 Å². The Bertz CT molecular complexity index is 1180. The summed E-state index contributed by atoms with van der Waals surface area (Å²) in [5, 5.41) is 7.88. The van der Waals surface area contributed by atoms with Gasteiger partial charge in [0.2, 0.25) is 11.8 Å². The maximum Gasteiger partial charge on any atom is 0.245 e. The zero-order valence-electron chi connectivity index (χ0n) is 21.4. The summed E-state index contributed by atoms with van der Waals surface area (Å²) in [5.74, 6) is 1.00. The SMILES string of the molecule is Cc1ccc(-n2nc(C(C)(C)C)cc2NC(=O)CN(Cc2ccco2)C(=O)C2CCCC2)c(C)c1. The summed E-state index contributed by atoms with van der Waals surface area (Å²) in [6.45, 7) is 10.6. The van der Waals surface area contributed by atoms with Crippen molar-refractivity contribution in [2.75, 3.05) is 11.9 Å². The number of benzene rings is 1. The second-order valence-corrected chi connectivity index (χ2v) is 10.7. The first kappa shape index (κ1) is 24.8. The van der Waals surface area contributed by atoms with Crippen LogP contribution in [-0.4, -0.2) is 33.0 Å². The number of aromatic nitrogens is 2. The Labute approximate surface area is 207 Å². The van der Waals surface area contributed by atoms with Crippen LogP contribution in [-0.2, 0) is 21.5 Å². The predicted octanol–water partition coefficient (Wildman–Crippen LogP) is 5.54. The Morgan fingerprint density at radius 2 is 1.89 bits per heavy atom. The van der Waals surface area contributed by atoms with Gasteiger partial charge in [0.25, 0.3) is 0 Å². The van der Waals surface area contributed by atoms with E-state index < -0.39 is 0 Å². The minimum atomic E-state index is -0.255. The molecule has 1 fully saturated rings. The largest absolute Gasteiger partial charge is 0.467 e. The van der Waals surface area contributed by atoms with Crippen LogP contribution in [0, 0.1) is 19.8 Å². The first-order valence-corrected chi connectivity index (χ1v) is 12.4. The number of hydrogen-bond acceptors (Lipinski definition) is 4. The number of carbonyl (C=O) groups is 2. The molecule has 0 bridgehead atoms. The number of nitrogens with zero attached hydrogens (tertiary/aromatic N) is 3. The van der Waals surface area contributed by atoms with Crippen molar-refractivity contribution in [1.82, 2.24) is 14.7 Å². The van der Waals surface area contributed by atoms with Crippen molar-refractivity contribution in [2.24, 2.45) is 5.92 Å². The summed E-state index contributed by atoms with van der Waals surface area (Å²) in [6.07, 6.45) is 5.46. The standard InChI is InChI=1S/C28H36N4O3/c1-19-12-13-23(20(2)15-19)32-25(16-24(30-32)28(3,4)5)29-26(33)18-31(17-22-11-8-14-35-22)27(34)21-9-6-7-10-21/h8,11-16,21H,6-7,9-10,17-18H2,1-5H3,(H,29,33). The fourth-order valence-electron chi connectivity index (χ4n) is 4.65. The van der Waals surface area contributed by atoms with E-state index in [2.05, 4.69) is 39.1 Å². The molecule has 35 heavy (non-hydrogen) atoms. The van der Waals surface area contributed by atoms with Crippen molar-refractivity contribution in [2.45, 2.75) is 72.3 Å². The zero-order chi connectivity index (χ0) is 25.2. The Kier molecular flexibility index (Phi) is 7.15. The molecule has 2 aromatic heterocycles. The first-order valence-electron chi connectivity index (χ1n) is 12.4. The number of rotatable bonds is 7. The number of furan rings is 1. The van der Waals surface area contributed by atoms with Crippen molar-refractivity contribution >= 4 is 17.6 Å². The van der Waals surface area contributed by atoms with Gasteiger partial charge in [0.1, 0.15) is 18.1 Å². The summed E-state index contributed by atoms with van der Waals surface area (Å²) >= 11 is 0. The third kappa shape index (κ3) is 5.84. The molecule has 7 nitrogen and oxygen atoms in total. The molecule has 1 N–H and O–H groups in total. The van der Waals surface area contributed by atoms with Gasteiger partial charge in [-0.15, -0.1) is 0 Å². The molecule has 1 aromatic carbocycles. The number of aryl methyl sites for hydroxylation is 2. The second-order valence-electron chi connectivity index (χ2n) is 10.7. The average Bonchev–Trinajstić information content (AvgIpc) is 3.55. The van der Waals surface area contributed by atoms with Crippen LogP contribution in [0.2, 0.25) is 0 Å².